The van der Waals surface area contributed by atoms with Crippen LogP contribution in [0.3, 0.4) is 0 Å². The Balaban J connectivity index is 2.29. The number of aliphatic hydroxyl groups excluding tert-OH is 1. The quantitative estimate of drug-likeness (QED) is 0.567. The Morgan fingerprint density at radius 3 is 2.60 bits per heavy atom. The third-order valence-electron chi connectivity index (χ3n) is 2.30. The number of nitrogens with one attached hydrogen (secondary N) is 1. The summed E-state index contributed by atoms with van der Waals surface area (Å²) in [7, 11) is 0. The number of halogens is 2. The Hall–Kier alpha value is -0.680. The highest BCUT2D eigenvalue weighted by Gasteiger charge is 1.98. The fourth-order valence-electron chi connectivity index (χ4n) is 1.42. The molecule has 0 aliphatic carbocycles. The Morgan fingerprint density at radius 2 is 1.95 bits per heavy atom. The van der Waals surface area contributed by atoms with Gasteiger partial charge in [-0.2, -0.15) is 11.8 Å². The Kier molecular flexibility index (Phi) is 8.78. The number of carbonyl (C=O) groups is 1. The van der Waals surface area contributed by atoms with Crippen molar-refractivity contribution in [1.82, 2.24) is 5.32 Å². The zero-order chi connectivity index (χ0) is 14.8. The average Bonchev–Trinajstić information content (AvgIpc) is 2.39. The molecule has 110 valence electrons. The third-order valence-corrected chi connectivity index (χ3v) is 3.81. The highest BCUT2D eigenvalue weighted by atomic mass is 35.5. The highest BCUT2D eigenvalue weighted by Crippen LogP contribution is 2.19. The van der Waals surface area contributed by atoms with E-state index in [9.17, 15) is 4.79 Å². The van der Waals surface area contributed by atoms with Crippen molar-refractivity contribution in [3.63, 3.8) is 0 Å². The number of hydrogen-bond donors (Lipinski definition) is 2. The summed E-state index contributed by atoms with van der Waals surface area (Å²) in [6.45, 7) is 0.819. The van der Waals surface area contributed by atoms with Crippen LogP contribution in [-0.4, -0.2) is 35.7 Å². The lowest BCUT2D eigenvalue weighted by atomic mass is 10.2. The van der Waals surface area contributed by atoms with Gasteiger partial charge >= 0.3 is 0 Å². The van der Waals surface area contributed by atoms with E-state index in [1.807, 2.05) is 0 Å². The van der Waals surface area contributed by atoms with Gasteiger partial charge in [0, 0.05) is 35.0 Å². The molecule has 0 radical (unpaired) electrons. The molecule has 3 nitrogen and oxygen atoms in total. The normalized spacial score (nSPS) is 10.9. The van der Waals surface area contributed by atoms with Crippen LogP contribution in [0.15, 0.2) is 24.3 Å². The molecule has 20 heavy (non-hydrogen) atoms. The van der Waals surface area contributed by atoms with E-state index in [1.165, 1.54) is 6.08 Å². The molecular formula is C14H17Cl2NO2S. The standard InChI is InChI=1S/C14H17Cl2NO2S/c15-12-8-11(9-13(16)10-12)2-3-14(19)17-4-7-20-6-1-5-18/h2-3,8-10,18H,1,4-7H2,(H,17,19)/b3-2+. The van der Waals surface area contributed by atoms with Gasteiger partial charge in [-0.3, -0.25) is 4.79 Å². The first-order valence-electron chi connectivity index (χ1n) is 6.22. The van der Waals surface area contributed by atoms with Crippen molar-refractivity contribution in [1.29, 1.82) is 0 Å². The average molecular weight is 334 g/mol. The largest absolute Gasteiger partial charge is 0.396 e. The molecule has 0 atom stereocenters. The molecule has 0 aromatic heterocycles. The second-order valence-corrected chi connectivity index (χ2v) is 6.11. The number of rotatable bonds is 8. The zero-order valence-electron chi connectivity index (χ0n) is 10.9. The Morgan fingerprint density at radius 1 is 1.25 bits per heavy atom. The van der Waals surface area contributed by atoms with Crippen molar-refractivity contribution >= 4 is 46.9 Å². The molecule has 0 saturated carbocycles. The van der Waals surface area contributed by atoms with Gasteiger partial charge in [0.05, 0.1) is 0 Å². The summed E-state index contributed by atoms with van der Waals surface area (Å²) in [4.78, 5) is 11.6. The number of hydrogen-bond acceptors (Lipinski definition) is 3. The number of thioether (sulfide) groups is 1. The summed E-state index contributed by atoms with van der Waals surface area (Å²) in [5.74, 6) is 1.59. The molecule has 0 unspecified atom stereocenters. The molecule has 0 spiro atoms. The molecule has 0 fully saturated rings. The van der Waals surface area contributed by atoms with E-state index < -0.39 is 0 Å². The van der Waals surface area contributed by atoms with E-state index in [-0.39, 0.29) is 12.5 Å². The SMILES string of the molecule is O=C(/C=C/c1cc(Cl)cc(Cl)c1)NCCSCCCO. The number of amides is 1. The van der Waals surface area contributed by atoms with E-state index in [2.05, 4.69) is 5.32 Å². The van der Waals surface area contributed by atoms with E-state index in [1.54, 1.807) is 36.0 Å². The van der Waals surface area contributed by atoms with Crippen LogP contribution in [0.5, 0.6) is 0 Å². The van der Waals surface area contributed by atoms with Gasteiger partial charge in [0.2, 0.25) is 5.91 Å². The minimum absolute atomic E-state index is 0.149. The molecule has 1 aromatic rings. The van der Waals surface area contributed by atoms with Gasteiger partial charge in [0.15, 0.2) is 0 Å². The summed E-state index contributed by atoms with van der Waals surface area (Å²) in [5, 5.41) is 12.5. The predicted octanol–water partition coefficient (Wildman–Crippen LogP) is 3.24. The number of aliphatic hydroxyl groups is 1. The van der Waals surface area contributed by atoms with Crippen molar-refractivity contribution < 1.29 is 9.90 Å². The minimum Gasteiger partial charge on any atom is -0.396 e. The first-order chi connectivity index (χ1) is 9.61. The van der Waals surface area contributed by atoms with Crippen LogP contribution < -0.4 is 5.32 Å². The van der Waals surface area contributed by atoms with Gasteiger partial charge in [0.25, 0.3) is 0 Å². The molecule has 0 aliphatic rings. The first kappa shape index (κ1) is 17.4. The van der Waals surface area contributed by atoms with Crippen molar-refractivity contribution in [2.45, 2.75) is 6.42 Å². The highest BCUT2D eigenvalue weighted by molar-refractivity contribution is 7.99. The third kappa shape index (κ3) is 7.80. The minimum atomic E-state index is -0.149. The second kappa shape index (κ2) is 10.1. The summed E-state index contributed by atoms with van der Waals surface area (Å²) in [5.41, 5.74) is 0.787. The van der Waals surface area contributed by atoms with Crippen LogP contribution in [0.2, 0.25) is 10.0 Å². The van der Waals surface area contributed by atoms with E-state index in [0.717, 1.165) is 23.5 Å². The first-order valence-corrected chi connectivity index (χ1v) is 8.13. The van der Waals surface area contributed by atoms with Crippen molar-refractivity contribution in [2.75, 3.05) is 24.7 Å². The molecule has 0 saturated heterocycles. The van der Waals surface area contributed by atoms with Crippen LogP contribution >= 0.6 is 35.0 Å². The zero-order valence-corrected chi connectivity index (χ0v) is 13.3. The van der Waals surface area contributed by atoms with E-state index in [4.69, 9.17) is 28.3 Å². The van der Waals surface area contributed by atoms with Crippen LogP contribution in [-0.2, 0) is 4.79 Å². The molecule has 2 N–H and O–H groups in total. The Labute approximate surface area is 133 Å². The molecule has 1 rings (SSSR count). The monoisotopic (exact) mass is 333 g/mol. The van der Waals surface area contributed by atoms with Crippen molar-refractivity contribution in [2.24, 2.45) is 0 Å². The molecular weight excluding hydrogens is 317 g/mol. The molecule has 1 amide bonds. The van der Waals surface area contributed by atoms with Crippen molar-refractivity contribution in [3.05, 3.63) is 39.9 Å². The number of benzene rings is 1. The lowest BCUT2D eigenvalue weighted by Gasteiger charge is -2.02. The lowest BCUT2D eigenvalue weighted by Crippen LogP contribution is -2.23. The van der Waals surface area contributed by atoms with Crippen LogP contribution in [0.1, 0.15) is 12.0 Å². The fourth-order valence-corrected chi connectivity index (χ4v) is 2.74. The van der Waals surface area contributed by atoms with Gasteiger partial charge < -0.3 is 10.4 Å². The van der Waals surface area contributed by atoms with E-state index >= 15 is 0 Å². The number of carbonyl (C=O) groups excluding carboxylic acids is 1. The van der Waals surface area contributed by atoms with Gasteiger partial charge in [-0.15, -0.1) is 0 Å². The summed E-state index contributed by atoms with van der Waals surface area (Å²) in [6.07, 6.45) is 3.92. The molecule has 0 bridgehead atoms. The second-order valence-electron chi connectivity index (χ2n) is 4.02. The van der Waals surface area contributed by atoms with Crippen LogP contribution in [0, 0.1) is 0 Å². The smallest absolute Gasteiger partial charge is 0.244 e. The maximum absolute atomic E-state index is 11.6. The van der Waals surface area contributed by atoms with Crippen LogP contribution in [0.4, 0.5) is 0 Å². The van der Waals surface area contributed by atoms with Crippen molar-refractivity contribution in [3.8, 4) is 0 Å². The lowest BCUT2D eigenvalue weighted by molar-refractivity contribution is -0.116. The molecule has 0 heterocycles. The van der Waals surface area contributed by atoms with Gasteiger partial charge in [-0.05, 0) is 42.0 Å². The fraction of sp³-hybridized carbons (Fsp3) is 0.357. The van der Waals surface area contributed by atoms with E-state index in [0.29, 0.717) is 16.6 Å². The van der Waals surface area contributed by atoms with Gasteiger partial charge in [-0.1, -0.05) is 23.2 Å². The molecule has 6 heteroatoms. The maximum Gasteiger partial charge on any atom is 0.244 e. The molecule has 1 aromatic carbocycles. The molecule has 0 aliphatic heterocycles. The predicted molar refractivity (Wildman–Crippen MR) is 87.5 cm³/mol. The topological polar surface area (TPSA) is 49.3 Å². The summed E-state index contributed by atoms with van der Waals surface area (Å²) < 4.78 is 0. The Bertz CT molecular complexity index is 446. The summed E-state index contributed by atoms with van der Waals surface area (Å²) in [6, 6.07) is 5.12. The van der Waals surface area contributed by atoms with Gasteiger partial charge in [-0.25, -0.2) is 0 Å². The maximum atomic E-state index is 11.6. The summed E-state index contributed by atoms with van der Waals surface area (Å²) >= 11 is 13.4. The van der Waals surface area contributed by atoms with Gasteiger partial charge in [0.1, 0.15) is 0 Å². The van der Waals surface area contributed by atoms with Crippen LogP contribution in [0.25, 0.3) is 6.08 Å².